The van der Waals surface area contributed by atoms with Gasteiger partial charge >= 0.3 is 0 Å². The van der Waals surface area contributed by atoms with E-state index in [-0.39, 0.29) is 0 Å². The summed E-state index contributed by atoms with van der Waals surface area (Å²) in [5.74, 6) is 1.01. The molecule has 1 saturated carbocycles. The van der Waals surface area contributed by atoms with Crippen LogP contribution in [0.5, 0.6) is 0 Å². The summed E-state index contributed by atoms with van der Waals surface area (Å²) < 4.78 is 0. The summed E-state index contributed by atoms with van der Waals surface area (Å²) in [5.41, 5.74) is 3.21. The molecule has 0 atom stereocenters. The van der Waals surface area contributed by atoms with E-state index in [1.54, 1.807) is 11.1 Å². The Morgan fingerprint density at radius 1 is 1.14 bits per heavy atom. The predicted molar refractivity (Wildman–Crippen MR) is 61.5 cm³/mol. The predicted octanol–water partition coefficient (Wildman–Crippen LogP) is 3.98. The summed E-state index contributed by atoms with van der Waals surface area (Å²) in [4.78, 5) is 0. The fourth-order valence-electron chi connectivity index (χ4n) is 2.00. The molecule has 0 heterocycles. The van der Waals surface area contributed by atoms with Crippen LogP contribution in [0.25, 0.3) is 0 Å². The van der Waals surface area contributed by atoms with Gasteiger partial charge in [0.25, 0.3) is 0 Å². The van der Waals surface area contributed by atoms with Crippen molar-refractivity contribution < 1.29 is 0 Å². The van der Waals surface area contributed by atoms with Crippen LogP contribution in [-0.2, 0) is 12.8 Å². The maximum atomic E-state index is 2.32. The second-order valence-corrected chi connectivity index (χ2v) is 4.52. The Kier molecular flexibility index (Phi) is 3.23. The van der Waals surface area contributed by atoms with Crippen LogP contribution in [-0.4, -0.2) is 0 Å². The summed E-state index contributed by atoms with van der Waals surface area (Å²) in [6.07, 6.45) is 8.17. The molecule has 1 aliphatic carbocycles. The van der Waals surface area contributed by atoms with Crippen molar-refractivity contribution in [2.24, 2.45) is 5.92 Å². The number of hydrogen-bond acceptors (Lipinski definition) is 0. The van der Waals surface area contributed by atoms with Crippen molar-refractivity contribution in [1.29, 1.82) is 0 Å². The summed E-state index contributed by atoms with van der Waals surface area (Å²) >= 11 is 0. The Morgan fingerprint density at radius 3 is 2.50 bits per heavy atom. The number of rotatable bonds is 5. The summed E-state index contributed by atoms with van der Waals surface area (Å²) in [6.45, 7) is 2.27. The number of hydrogen-bond donors (Lipinski definition) is 0. The van der Waals surface area contributed by atoms with Gasteiger partial charge in [-0.15, -0.1) is 0 Å². The third kappa shape index (κ3) is 2.60. The van der Waals surface area contributed by atoms with Crippen LogP contribution >= 0.6 is 0 Å². The molecule has 0 amide bonds. The van der Waals surface area contributed by atoms with E-state index in [2.05, 4.69) is 31.2 Å². The van der Waals surface area contributed by atoms with Crippen LogP contribution in [0.3, 0.4) is 0 Å². The molecule has 0 saturated heterocycles. The lowest BCUT2D eigenvalue weighted by Gasteiger charge is -2.07. The molecule has 0 unspecified atom stereocenters. The minimum atomic E-state index is 1.01. The van der Waals surface area contributed by atoms with Gasteiger partial charge in [-0.05, 0) is 49.1 Å². The fourth-order valence-corrected chi connectivity index (χ4v) is 2.00. The van der Waals surface area contributed by atoms with Gasteiger partial charge < -0.3 is 0 Å². The van der Waals surface area contributed by atoms with Gasteiger partial charge in [-0.3, -0.25) is 0 Å². The maximum absolute atomic E-state index is 2.32. The Labute approximate surface area is 87.3 Å². The average molecular weight is 188 g/mol. The fraction of sp³-hybridized carbons (Fsp3) is 0.571. The highest BCUT2D eigenvalue weighted by atomic mass is 14.3. The first-order chi connectivity index (χ1) is 6.90. The van der Waals surface area contributed by atoms with Crippen LogP contribution < -0.4 is 0 Å². The van der Waals surface area contributed by atoms with Crippen molar-refractivity contribution in [2.45, 2.75) is 45.4 Å². The molecule has 2 rings (SSSR count). The highest BCUT2D eigenvalue weighted by molar-refractivity contribution is 5.28. The molecule has 1 aromatic carbocycles. The molecular weight excluding hydrogens is 168 g/mol. The van der Waals surface area contributed by atoms with Gasteiger partial charge in [-0.25, -0.2) is 0 Å². The molecule has 76 valence electrons. The van der Waals surface area contributed by atoms with Crippen LogP contribution in [0.1, 0.15) is 43.7 Å². The van der Waals surface area contributed by atoms with Gasteiger partial charge in [0.2, 0.25) is 0 Å². The monoisotopic (exact) mass is 188 g/mol. The first kappa shape index (κ1) is 9.76. The van der Waals surface area contributed by atoms with Crippen molar-refractivity contribution in [3.63, 3.8) is 0 Å². The molecule has 0 nitrogen and oxygen atoms in total. The summed E-state index contributed by atoms with van der Waals surface area (Å²) in [7, 11) is 0. The lowest BCUT2D eigenvalue weighted by atomic mass is 9.98. The van der Waals surface area contributed by atoms with Crippen molar-refractivity contribution in [2.75, 3.05) is 0 Å². The van der Waals surface area contributed by atoms with Crippen molar-refractivity contribution in [1.82, 2.24) is 0 Å². The SMILES string of the molecule is CCCCc1ccccc1CC1CC1. The zero-order chi connectivity index (χ0) is 9.80. The first-order valence-corrected chi connectivity index (χ1v) is 5.97. The molecule has 0 bridgehead atoms. The van der Waals surface area contributed by atoms with Gasteiger partial charge in [0, 0.05) is 0 Å². The highest BCUT2D eigenvalue weighted by Gasteiger charge is 2.22. The van der Waals surface area contributed by atoms with E-state index in [0.717, 1.165) is 5.92 Å². The minimum Gasteiger partial charge on any atom is -0.0654 e. The molecule has 0 radical (unpaired) electrons. The van der Waals surface area contributed by atoms with Gasteiger partial charge in [0.05, 0.1) is 0 Å². The van der Waals surface area contributed by atoms with Gasteiger partial charge in [0.15, 0.2) is 0 Å². The zero-order valence-corrected chi connectivity index (χ0v) is 9.13. The lowest BCUT2D eigenvalue weighted by Crippen LogP contribution is -1.95. The topological polar surface area (TPSA) is 0 Å². The van der Waals surface area contributed by atoms with Gasteiger partial charge in [-0.1, -0.05) is 37.6 Å². The smallest absolute Gasteiger partial charge is 0.0248 e. The molecule has 0 N–H and O–H groups in total. The van der Waals surface area contributed by atoms with Gasteiger partial charge in [0.1, 0.15) is 0 Å². The number of benzene rings is 1. The molecule has 1 aromatic rings. The largest absolute Gasteiger partial charge is 0.0654 e. The van der Waals surface area contributed by atoms with Gasteiger partial charge in [-0.2, -0.15) is 0 Å². The maximum Gasteiger partial charge on any atom is -0.0248 e. The van der Waals surface area contributed by atoms with Crippen LogP contribution in [0, 0.1) is 5.92 Å². The molecule has 0 aromatic heterocycles. The van der Waals surface area contributed by atoms with Crippen molar-refractivity contribution >= 4 is 0 Å². The lowest BCUT2D eigenvalue weighted by molar-refractivity contribution is 0.766. The van der Waals surface area contributed by atoms with E-state index in [4.69, 9.17) is 0 Å². The van der Waals surface area contributed by atoms with Crippen molar-refractivity contribution in [3.8, 4) is 0 Å². The molecule has 0 aliphatic heterocycles. The summed E-state index contributed by atoms with van der Waals surface area (Å²) in [5, 5.41) is 0. The van der Waals surface area contributed by atoms with Crippen LogP contribution in [0.15, 0.2) is 24.3 Å². The van der Waals surface area contributed by atoms with Crippen LogP contribution in [0.2, 0.25) is 0 Å². The Hall–Kier alpha value is -0.780. The van der Waals surface area contributed by atoms with E-state index >= 15 is 0 Å². The summed E-state index contributed by atoms with van der Waals surface area (Å²) in [6, 6.07) is 9.01. The molecule has 1 aliphatic rings. The van der Waals surface area contributed by atoms with E-state index in [9.17, 15) is 0 Å². The van der Waals surface area contributed by atoms with Crippen molar-refractivity contribution in [3.05, 3.63) is 35.4 Å². The Balaban J connectivity index is 2.02. The van der Waals surface area contributed by atoms with E-state index in [1.807, 2.05) is 0 Å². The quantitative estimate of drug-likeness (QED) is 0.655. The standard InChI is InChI=1S/C14H20/c1-2-3-6-13-7-4-5-8-14(13)11-12-9-10-12/h4-5,7-8,12H,2-3,6,9-11H2,1H3. The van der Waals surface area contributed by atoms with Crippen LogP contribution in [0.4, 0.5) is 0 Å². The number of unbranched alkanes of at least 4 members (excludes halogenated alkanes) is 1. The van der Waals surface area contributed by atoms with E-state index in [0.29, 0.717) is 0 Å². The average Bonchev–Trinajstić information content (AvgIpc) is 3.01. The molecule has 1 fully saturated rings. The van der Waals surface area contributed by atoms with E-state index in [1.165, 1.54) is 38.5 Å². The zero-order valence-electron chi connectivity index (χ0n) is 9.13. The second-order valence-electron chi connectivity index (χ2n) is 4.52. The highest BCUT2D eigenvalue weighted by Crippen LogP contribution is 2.33. The van der Waals surface area contributed by atoms with E-state index < -0.39 is 0 Å². The minimum absolute atomic E-state index is 1.01. The third-order valence-electron chi connectivity index (χ3n) is 3.12. The first-order valence-electron chi connectivity index (χ1n) is 5.97. The Morgan fingerprint density at radius 2 is 1.86 bits per heavy atom. The molecule has 0 spiro atoms. The second kappa shape index (κ2) is 4.63. The molecule has 0 heteroatoms. The molecular formula is C14H20. The normalized spacial score (nSPS) is 15.8. The number of aryl methyl sites for hydroxylation is 1. The third-order valence-corrected chi connectivity index (χ3v) is 3.12. The Bertz CT molecular complexity index is 284. The molecule has 14 heavy (non-hydrogen) atoms.